The molecule has 8 aromatic heterocycles. The van der Waals surface area contributed by atoms with Crippen molar-refractivity contribution < 1.29 is 59.8 Å². The summed E-state index contributed by atoms with van der Waals surface area (Å²) in [5, 5.41) is 89.3. The third-order valence-corrected chi connectivity index (χ3v) is 28.3. The molecule has 12 heterocycles. The van der Waals surface area contributed by atoms with Crippen LogP contribution >= 0.6 is 62.8 Å². The van der Waals surface area contributed by atoms with Crippen LogP contribution in [0, 0.1) is 20.8 Å². The number of nitrogens with zero attached hydrogens (tertiary/aromatic N) is 12. The normalized spacial score (nSPS) is 25.6. The summed E-state index contributed by atoms with van der Waals surface area (Å²) in [7, 11) is 1.63. The lowest BCUT2D eigenvalue weighted by molar-refractivity contribution is -0.0400. The molecule has 4 fully saturated rings. The molecule has 0 bridgehead atoms. The molecule has 0 spiro atoms. The second-order valence-corrected chi connectivity index (χ2v) is 52.3. The Bertz CT molecular complexity index is 5000. The minimum Gasteiger partial charge on any atom is -0.388 e. The molecule has 0 aliphatic carbocycles. The number of thioether (sulfide) groups is 3. The van der Waals surface area contributed by atoms with Gasteiger partial charge in [0.2, 0.25) is 5.95 Å². The second kappa shape index (κ2) is 38.6. The molecule has 4 aliphatic heterocycles. The predicted molar refractivity (Wildman–Crippen MR) is 458 cm³/mol. The van der Waals surface area contributed by atoms with Crippen molar-refractivity contribution in [2.45, 2.75) is 219 Å². The van der Waals surface area contributed by atoms with Crippen LogP contribution in [0.2, 0.25) is 0 Å². The van der Waals surface area contributed by atoms with Gasteiger partial charge in [-0.2, -0.15) is 4.98 Å². The van der Waals surface area contributed by atoms with Crippen LogP contribution in [0.5, 0.6) is 0 Å². The molecule has 0 aromatic carbocycles. The Hall–Kier alpha value is -5.03. The fourth-order valence-corrected chi connectivity index (χ4v) is 19.9. The molecule has 4 aliphatic rings. The number of fused-ring (bicyclic) bond motifs is 4. The van der Waals surface area contributed by atoms with Crippen LogP contribution in [0.1, 0.15) is 127 Å². The molecule has 33 nitrogen and oxygen atoms in total. The lowest BCUT2D eigenvalue weighted by atomic mass is 10.1. The standard InChI is InChI=1S/C20H33N4O4PS.C19H31N4O4PS.C18H29N4O4PS.C15H24N5O4P/c1-6-7-8-11-30-20-23-14-17(21-12(2)22-18(14)27)24(20)19-16(26)15(25)13(28-19)9-10-29(3,4)5;1-6-7-10-29-19-22-13-16(20-11(2)21-17(13)26)23(19)18-15(25)14(24)12(27-18)8-9-28(3,4)5;1-6-9-28-18-21-12-15(19-10(2)20-16(12)25)22(18)17-14(24)13(23)11(26-17)7-8-27(3,4)5;1-16-15-18-12-9(13(23)19-15)17-7-20(12)14-11(22)10(21)8(24-14)5-6-25(2,3)4/h13,15-16,19,25-26H,3,6-11H2,1-2,4-5H3,(H,21,22,27);12,14-15,18,24-25H,3,6-10H2,1-2,4-5H3,(H,20,21,26);11,13-14,17,23-24H,3,6-9H2,1-2,4-5H3,(H,19,20,25);7-8,10-11,14,21-22H,2,5-6H2,1,3-4H3,(H2,16,18,19,23)/t13-,15-,16-,19?;12-,14-,15-,18?;11-,13-,14-,17?;8-,10-,11-,14?/m1111/s1. The van der Waals surface area contributed by atoms with Crippen molar-refractivity contribution in [2.75, 3.05) is 108 Å². The van der Waals surface area contributed by atoms with E-state index in [4.69, 9.17) is 18.9 Å². The highest BCUT2D eigenvalue weighted by Crippen LogP contribution is 2.46. The molecule has 8 aromatic rings. The molecule has 0 amide bonds. The number of nitrogens with one attached hydrogen (secondary N) is 5. The monoisotopic (exact) mass is 1700 g/mol. The SMILES string of the molecule is C=P(C)(C)CC[C@H]1OC(n2c(SCCC)nc3c(=O)[nH]c(C)nc32)[C@H](O)[C@@H]1O.C=P(C)(C)CC[C@H]1OC(n2c(SCCCC)nc3c(=O)[nH]c(C)nc32)[C@H](O)[C@@H]1O.C=P(C)(C)CC[C@H]1OC(n2c(SCCCCC)nc3c(=O)[nH]c(C)nc32)[C@H](O)[C@@H]1O.C=P(C)(C)CC[C@H]1OC(n2cnc3c(=O)[nH]c(NC)nc32)[C@H](O)[C@@H]1O. The summed E-state index contributed by atoms with van der Waals surface area (Å²) in [6.07, 6.45) is 16.3. The Morgan fingerprint density at radius 2 is 0.723 bits per heavy atom. The molecule has 0 radical (unpaired) electrons. The summed E-state index contributed by atoms with van der Waals surface area (Å²) in [6, 6.07) is 0. The second-order valence-electron chi connectivity index (χ2n) is 31.8. The van der Waals surface area contributed by atoms with Crippen LogP contribution in [0.3, 0.4) is 0 Å². The smallest absolute Gasteiger partial charge is 0.280 e. The van der Waals surface area contributed by atoms with E-state index in [0.717, 1.165) is 80.4 Å². The fourth-order valence-electron chi connectivity index (χ4n) is 13.1. The average molecular weight is 1700 g/mol. The van der Waals surface area contributed by atoms with Gasteiger partial charge < -0.3 is 80.1 Å². The molecule has 40 heteroatoms. The number of aromatic amines is 4. The maximum atomic E-state index is 12.4. The van der Waals surface area contributed by atoms with E-state index in [1.807, 2.05) is 0 Å². The summed E-state index contributed by atoms with van der Waals surface area (Å²) in [4.78, 5) is 94.9. The number of hydrogen-bond acceptors (Lipinski definition) is 28. The van der Waals surface area contributed by atoms with E-state index in [1.165, 1.54) is 46.2 Å². The van der Waals surface area contributed by atoms with Gasteiger partial charge in [-0.15, -0.1) is 52.7 Å². The van der Waals surface area contributed by atoms with Crippen LogP contribution in [-0.2, 0) is 18.9 Å². The van der Waals surface area contributed by atoms with Crippen molar-refractivity contribution in [1.82, 2.24) is 78.1 Å². The highest BCUT2D eigenvalue weighted by molar-refractivity contribution is 7.99. The number of unbranched alkanes of at least 4 members (excludes halogenated alkanes) is 3. The number of rotatable bonds is 29. The lowest BCUT2D eigenvalue weighted by Gasteiger charge is -2.20. The molecular formula is C72H117N17O16P4S3. The van der Waals surface area contributed by atoms with Crippen molar-refractivity contribution in [3.8, 4) is 0 Å². The summed E-state index contributed by atoms with van der Waals surface area (Å²) in [6.45, 7) is 23.3. The summed E-state index contributed by atoms with van der Waals surface area (Å²) in [5.41, 5.74) is 0.830. The van der Waals surface area contributed by atoms with Crippen LogP contribution < -0.4 is 27.6 Å². The number of aryl methyl sites for hydroxylation is 3. The topological polar surface area (TPSA) is 465 Å². The fraction of sp³-hybridized carbons (Fsp3) is 0.667. The number of aliphatic hydroxyl groups excluding tert-OH is 8. The summed E-state index contributed by atoms with van der Waals surface area (Å²) >= 11 is 4.50. The first-order valence-corrected chi connectivity index (χ1v) is 53.0. The maximum absolute atomic E-state index is 12.4. The number of H-pyrrole nitrogens is 4. The van der Waals surface area contributed by atoms with Crippen LogP contribution in [-0.4, -0.2) is 320 Å². The number of aliphatic hydroxyl groups is 8. The first-order chi connectivity index (χ1) is 52.6. The Kier molecular flexibility index (Phi) is 31.3. The van der Waals surface area contributed by atoms with E-state index >= 15 is 0 Å². The predicted octanol–water partition coefficient (Wildman–Crippen LogP) is 6.00. The number of anilines is 1. The number of aromatic nitrogens is 16. The Morgan fingerprint density at radius 3 is 1.04 bits per heavy atom. The van der Waals surface area contributed by atoms with Crippen molar-refractivity contribution in [3.05, 3.63) is 65.2 Å². The van der Waals surface area contributed by atoms with Gasteiger partial charge in [0.1, 0.15) is 66.3 Å². The van der Waals surface area contributed by atoms with Gasteiger partial charge >= 0.3 is 0 Å². The van der Waals surface area contributed by atoms with Gasteiger partial charge in [-0.3, -0.25) is 42.4 Å². The molecule has 12 rings (SSSR count). The van der Waals surface area contributed by atoms with Gasteiger partial charge in [0.05, 0.1) is 30.7 Å². The maximum Gasteiger partial charge on any atom is 0.280 e. The van der Waals surface area contributed by atoms with E-state index in [9.17, 15) is 60.0 Å². The number of imidazole rings is 4. The minimum atomic E-state index is -1.28. The van der Waals surface area contributed by atoms with Gasteiger partial charge in [-0.05, 0) is 144 Å². The minimum absolute atomic E-state index is 0.151. The van der Waals surface area contributed by atoms with Gasteiger partial charge in [0.15, 0.2) is 85.0 Å². The zero-order valence-corrected chi connectivity index (χ0v) is 72.9. The zero-order chi connectivity index (χ0) is 82.4. The quantitative estimate of drug-likeness (QED) is 0.0145. The van der Waals surface area contributed by atoms with Crippen molar-refractivity contribution >= 4 is 139 Å². The highest BCUT2D eigenvalue weighted by atomic mass is 32.2. The van der Waals surface area contributed by atoms with Crippen molar-refractivity contribution in [2.24, 2.45) is 0 Å². The lowest BCUT2D eigenvalue weighted by Crippen LogP contribution is -2.32. The Labute approximate surface area is 664 Å². The Balaban J connectivity index is 0.000000172. The third kappa shape index (κ3) is 22.4. The largest absolute Gasteiger partial charge is 0.388 e. The molecule has 0 saturated carbocycles. The summed E-state index contributed by atoms with van der Waals surface area (Å²) < 4.78 is 30.7. The molecule has 4 saturated heterocycles. The zero-order valence-electron chi connectivity index (χ0n) is 66.9. The van der Waals surface area contributed by atoms with Gasteiger partial charge in [-0.1, -0.05) is 75.3 Å². The molecule has 13 N–H and O–H groups in total. The van der Waals surface area contributed by atoms with E-state index < -0.39 is 126 Å². The van der Waals surface area contributed by atoms with Crippen LogP contribution in [0.25, 0.3) is 44.7 Å². The van der Waals surface area contributed by atoms with Crippen molar-refractivity contribution in [3.63, 3.8) is 0 Å². The molecule has 624 valence electrons. The average Bonchev–Trinajstić information content (AvgIpc) is 1.63. The molecular weight excluding hydrogens is 1580 g/mol. The molecule has 4 unspecified atom stereocenters. The number of ether oxygens (including phenoxy) is 4. The number of hydrogen-bond donors (Lipinski definition) is 13. The van der Waals surface area contributed by atoms with E-state index in [2.05, 4.69) is 164 Å². The van der Waals surface area contributed by atoms with Crippen LogP contribution in [0.4, 0.5) is 5.95 Å². The molecule has 16 atom stereocenters. The van der Waals surface area contributed by atoms with Gasteiger partial charge in [-0.25, -0.2) is 34.9 Å². The Morgan fingerprint density at radius 1 is 0.411 bits per heavy atom. The van der Waals surface area contributed by atoms with E-state index in [-0.39, 0.29) is 55.9 Å². The third-order valence-electron chi connectivity index (χ3n) is 19.2. The summed E-state index contributed by atoms with van der Waals surface area (Å²) in [5.74, 6) is 4.13. The highest BCUT2D eigenvalue weighted by Gasteiger charge is 2.49. The first kappa shape index (κ1) is 90.9. The van der Waals surface area contributed by atoms with E-state index in [1.54, 1.807) is 41.5 Å². The van der Waals surface area contributed by atoms with Crippen molar-refractivity contribution in [1.29, 1.82) is 0 Å². The molecule has 112 heavy (non-hydrogen) atoms. The van der Waals surface area contributed by atoms with Gasteiger partial charge in [0, 0.05) is 24.3 Å². The van der Waals surface area contributed by atoms with E-state index in [0.29, 0.717) is 75.6 Å². The first-order valence-electron chi connectivity index (χ1n) is 37.8. The van der Waals surface area contributed by atoms with Gasteiger partial charge in [0.25, 0.3) is 22.2 Å². The van der Waals surface area contributed by atoms with Crippen LogP contribution in [0.15, 0.2) is 41.0 Å².